The van der Waals surface area contributed by atoms with Crippen molar-refractivity contribution in [2.24, 2.45) is 0 Å². The number of rotatable bonds is 3. The van der Waals surface area contributed by atoms with Crippen LogP contribution in [0.2, 0.25) is 0 Å². The standard InChI is InChI=1S/C10H19S/c1-3-9(2)11-10-7-5-4-6-8-10/h9-10H,1,3-8H2,2H3. The molecule has 1 aliphatic rings. The van der Waals surface area contributed by atoms with Crippen LogP contribution in [0.3, 0.4) is 0 Å². The van der Waals surface area contributed by atoms with E-state index < -0.39 is 0 Å². The molecule has 1 rings (SSSR count). The van der Waals surface area contributed by atoms with Crippen molar-refractivity contribution >= 4 is 11.8 Å². The average molecular weight is 171 g/mol. The highest BCUT2D eigenvalue weighted by molar-refractivity contribution is 8.00. The fourth-order valence-electron chi connectivity index (χ4n) is 1.60. The fourth-order valence-corrected chi connectivity index (χ4v) is 3.00. The molecule has 0 N–H and O–H groups in total. The van der Waals surface area contributed by atoms with Crippen LogP contribution in [-0.4, -0.2) is 10.5 Å². The summed E-state index contributed by atoms with van der Waals surface area (Å²) < 4.78 is 0. The lowest BCUT2D eigenvalue weighted by atomic mass is 10.0. The quantitative estimate of drug-likeness (QED) is 0.624. The molecule has 1 heteroatoms. The Labute approximate surface area is 75.1 Å². The van der Waals surface area contributed by atoms with Gasteiger partial charge in [-0.3, -0.25) is 0 Å². The molecule has 0 aromatic rings. The lowest BCUT2D eigenvalue weighted by molar-refractivity contribution is 0.515. The maximum Gasteiger partial charge on any atom is 0.00497 e. The van der Waals surface area contributed by atoms with E-state index in [1.807, 2.05) is 0 Å². The summed E-state index contributed by atoms with van der Waals surface area (Å²) in [4.78, 5) is 0. The number of hydrogen-bond acceptors (Lipinski definition) is 1. The molecule has 1 atom stereocenters. The van der Waals surface area contributed by atoms with Crippen molar-refractivity contribution in [3.8, 4) is 0 Å². The van der Waals surface area contributed by atoms with Crippen molar-refractivity contribution in [1.82, 2.24) is 0 Å². The average Bonchev–Trinajstić information content (AvgIpc) is 2.06. The summed E-state index contributed by atoms with van der Waals surface area (Å²) in [5.74, 6) is 0. The maximum absolute atomic E-state index is 3.93. The monoisotopic (exact) mass is 171 g/mol. The first-order valence-corrected chi connectivity index (χ1v) is 5.72. The van der Waals surface area contributed by atoms with E-state index in [4.69, 9.17) is 0 Å². The van der Waals surface area contributed by atoms with Gasteiger partial charge in [-0.05, 0) is 19.3 Å². The SMILES string of the molecule is [CH2]CC(C)SC1CCCCC1. The topological polar surface area (TPSA) is 0 Å². The zero-order valence-corrected chi connectivity index (χ0v) is 8.33. The fraction of sp³-hybridized carbons (Fsp3) is 0.900. The zero-order valence-electron chi connectivity index (χ0n) is 7.51. The van der Waals surface area contributed by atoms with Gasteiger partial charge in [0.1, 0.15) is 0 Å². The molecule has 0 nitrogen and oxygen atoms in total. The van der Waals surface area contributed by atoms with Crippen LogP contribution in [0.25, 0.3) is 0 Å². The van der Waals surface area contributed by atoms with Crippen molar-refractivity contribution in [3.05, 3.63) is 6.92 Å². The van der Waals surface area contributed by atoms with Gasteiger partial charge in [-0.15, -0.1) is 0 Å². The Morgan fingerprint density at radius 3 is 2.55 bits per heavy atom. The van der Waals surface area contributed by atoms with Gasteiger partial charge in [0.25, 0.3) is 0 Å². The maximum atomic E-state index is 3.93. The molecule has 1 saturated carbocycles. The molecule has 1 unspecified atom stereocenters. The highest BCUT2D eigenvalue weighted by Crippen LogP contribution is 2.31. The third kappa shape index (κ3) is 3.50. The van der Waals surface area contributed by atoms with Gasteiger partial charge in [-0.1, -0.05) is 33.1 Å². The van der Waals surface area contributed by atoms with Gasteiger partial charge in [0.15, 0.2) is 0 Å². The summed E-state index contributed by atoms with van der Waals surface area (Å²) in [6.45, 7) is 6.23. The van der Waals surface area contributed by atoms with E-state index in [-0.39, 0.29) is 0 Å². The van der Waals surface area contributed by atoms with E-state index in [9.17, 15) is 0 Å². The van der Waals surface area contributed by atoms with Crippen molar-refractivity contribution in [2.45, 2.75) is 55.9 Å². The van der Waals surface area contributed by atoms with E-state index in [0.717, 1.165) is 16.9 Å². The predicted molar refractivity (Wildman–Crippen MR) is 53.9 cm³/mol. The summed E-state index contributed by atoms with van der Waals surface area (Å²) in [5, 5.41) is 1.73. The van der Waals surface area contributed by atoms with Gasteiger partial charge >= 0.3 is 0 Å². The van der Waals surface area contributed by atoms with Gasteiger partial charge in [-0.2, -0.15) is 11.8 Å². The van der Waals surface area contributed by atoms with E-state index in [2.05, 4.69) is 25.6 Å². The van der Waals surface area contributed by atoms with Crippen LogP contribution in [-0.2, 0) is 0 Å². The lowest BCUT2D eigenvalue weighted by Gasteiger charge is -2.23. The summed E-state index contributed by atoms with van der Waals surface area (Å²) in [7, 11) is 0. The van der Waals surface area contributed by atoms with Crippen molar-refractivity contribution in [1.29, 1.82) is 0 Å². The molecular weight excluding hydrogens is 152 g/mol. The van der Waals surface area contributed by atoms with Crippen LogP contribution in [0.15, 0.2) is 0 Å². The molecule has 1 radical (unpaired) electrons. The predicted octanol–water partition coefficient (Wildman–Crippen LogP) is 3.66. The number of hydrogen-bond donors (Lipinski definition) is 0. The Hall–Kier alpha value is 0.350. The van der Waals surface area contributed by atoms with Gasteiger partial charge in [-0.25, -0.2) is 0 Å². The first-order valence-electron chi connectivity index (χ1n) is 4.77. The van der Waals surface area contributed by atoms with Crippen molar-refractivity contribution in [3.63, 3.8) is 0 Å². The minimum Gasteiger partial charge on any atom is -0.155 e. The van der Waals surface area contributed by atoms with Crippen LogP contribution in [0.1, 0.15) is 45.4 Å². The van der Waals surface area contributed by atoms with Crippen LogP contribution < -0.4 is 0 Å². The third-order valence-corrected chi connectivity index (χ3v) is 3.94. The highest BCUT2D eigenvalue weighted by atomic mass is 32.2. The third-order valence-electron chi connectivity index (χ3n) is 2.38. The zero-order chi connectivity index (χ0) is 8.10. The lowest BCUT2D eigenvalue weighted by Crippen LogP contribution is -2.11. The Morgan fingerprint density at radius 2 is 2.00 bits per heavy atom. The van der Waals surface area contributed by atoms with E-state index in [1.165, 1.54) is 32.1 Å². The normalized spacial score (nSPS) is 23.5. The molecule has 0 bridgehead atoms. The highest BCUT2D eigenvalue weighted by Gasteiger charge is 2.15. The Kier molecular flexibility index (Phi) is 4.36. The van der Waals surface area contributed by atoms with Crippen LogP contribution in [0, 0.1) is 6.92 Å². The number of thioether (sulfide) groups is 1. The molecule has 1 aliphatic carbocycles. The molecule has 65 valence electrons. The minimum absolute atomic E-state index is 0.776. The second-order valence-electron chi connectivity index (χ2n) is 3.50. The molecule has 11 heavy (non-hydrogen) atoms. The summed E-state index contributed by atoms with van der Waals surface area (Å²) in [6, 6.07) is 0. The van der Waals surface area contributed by atoms with E-state index in [1.54, 1.807) is 0 Å². The molecule has 0 aliphatic heterocycles. The van der Waals surface area contributed by atoms with Crippen LogP contribution in [0.4, 0.5) is 0 Å². The smallest absolute Gasteiger partial charge is 0.00497 e. The van der Waals surface area contributed by atoms with Crippen LogP contribution in [0.5, 0.6) is 0 Å². The summed E-state index contributed by atoms with van der Waals surface area (Å²) in [5.41, 5.74) is 0. The molecule has 0 spiro atoms. The van der Waals surface area contributed by atoms with Gasteiger partial charge < -0.3 is 0 Å². The molecule has 0 aromatic heterocycles. The molecule has 0 amide bonds. The Balaban J connectivity index is 2.13. The second-order valence-corrected chi connectivity index (χ2v) is 5.24. The van der Waals surface area contributed by atoms with Gasteiger partial charge in [0.2, 0.25) is 0 Å². The first kappa shape index (κ1) is 9.44. The van der Waals surface area contributed by atoms with Crippen LogP contribution >= 0.6 is 11.8 Å². The van der Waals surface area contributed by atoms with Gasteiger partial charge in [0, 0.05) is 10.5 Å². The molecule has 1 fully saturated rings. The molecular formula is C10H19S. The molecule has 0 aromatic carbocycles. The molecule has 0 saturated heterocycles. The minimum atomic E-state index is 0.776. The Morgan fingerprint density at radius 1 is 1.36 bits per heavy atom. The molecule has 0 heterocycles. The summed E-state index contributed by atoms with van der Waals surface area (Å²) >= 11 is 2.16. The van der Waals surface area contributed by atoms with Crippen molar-refractivity contribution < 1.29 is 0 Å². The summed E-state index contributed by atoms with van der Waals surface area (Å²) in [6.07, 6.45) is 8.38. The Bertz CT molecular complexity index is 95.0. The van der Waals surface area contributed by atoms with E-state index >= 15 is 0 Å². The van der Waals surface area contributed by atoms with Gasteiger partial charge in [0.05, 0.1) is 0 Å². The largest absolute Gasteiger partial charge is 0.155 e. The second kappa shape index (κ2) is 5.08. The van der Waals surface area contributed by atoms with E-state index in [0.29, 0.717) is 0 Å². The first-order chi connectivity index (χ1) is 5.33. The van der Waals surface area contributed by atoms with Crippen molar-refractivity contribution in [2.75, 3.05) is 0 Å².